The van der Waals surface area contributed by atoms with Gasteiger partial charge in [0.25, 0.3) is 0 Å². The van der Waals surface area contributed by atoms with Crippen molar-refractivity contribution >= 4 is 16.7 Å². The molecular weight excluding hydrogens is 336 g/mol. The van der Waals surface area contributed by atoms with Crippen molar-refractivity contribution in [1.82, 2.24) is 9.97 Å². The first-order valence-electron chi connectivity index (χ1n) is 8.69. The molecule has 0 saturated heterocycles. The fourth-order valence-electron chi connectivity index (χ4n) is 2.87. The van der Waals surface area contributed by atoms with Crippen molar-refractivity contribution in [3.05, 3.63) is 90.3 Å². The molecule has 0 aliphatic carbocycles. The summed E-state index contributed by atoms with van der Waals surface area (Å²) in [5.41, 5.74) is 3.72. The molecule has 2 N–H and O–H groups in total. The Bertz CT molecular complexity index is 1030. The lowest BCUT2D eigenvalue weighted by Crippen LogP contribution is -2.08. The molecule has 0 saturated carbocycles. The molecule has 27 heavy (non-hydrogen) atoms. The number of para-hydroxylation sites is 3. The molecule has 5 heteroatoms. The van der Waals surface area contributed by atoms with E-state index in [9.17, 15) is 5.26 Å². The van der Waals surface area contributed by atoms with E-state index < -0.39 is 6.04 Å². The molecule has 0 aliphatic heterocycles. The fraction of sp³-hybridized carbons (Fsp3) is 0.0909. The number of hydrogen-bond acceptors (Lipinski definition) is 4. The topological polar surface area (TPSA) is 73.7 Å². The van der Waals surface area contributed by atoms with Gasteiger partial charge in [-0.1, -0.05) is 42.5 Å². The minimum Gasteiger partial charge on any atom is -0.486 e. The van der Waals surface area contributed by atoms with Crippen LogP contribution in [0.2, 0.25) is 0 Å². The quantitative estimate of drug-likeness (QED) is 0.521. The third-order valence-corrected chi connectivity index (χ3v) is 4.24. The molecule has 3 aromatic carbocycles. The standard InChI is InChI=1S/C22H18N4O/c23-14-21(24-17-6-2-1-3-7-17)16-10-12-18(13-11-16)27-15-22-25-19-8-4-5-9-20(19)26-22/h1-13,21,24H,15H2,(H,25,26). The monoisotopic (exact) mass is 354 g/mol. The van der Waals surface area contributed by atoms with Gasteiger partial charge >= 0.3 is 0 Å². The van der Waals surface area contributed by atoms with E-state index in [1.54, 1.807) is 0 Å². The van der Waals surface area contributed by atoms with Gasteiger partial charge in [-0.15, -0.1) is 0 Å². The summed E-state index contributed by atoms with van der Waals surface area (Å²) in [5.74, 6) is 1.51. The Morgan fingerprint density at radius 3 is 2.44 bits per heavy atom. The van der Waals surface area contributed by atoms with E-state index in [1.807, 2.05) is 78.9 Å². The second kappa shape index (κ2) is 7.63. The summed E-state index contributed by atoms with van der Waals surface area (Å²) in [4.78, 5) is 7.74. The molecule has 0 aliphatic rings. The highest BCUT2D eigenvalue weighted by Crippen LogP contribution is 2.22. The number of imidazole rings is 1. The van der Waals surface area contributed by atoms with Gasteiger partial charge in [0.15, 0.2) is 0 Å². The second-order valence-corrected chi connectivity index (χ2v) is 6.13. The van der Waals surface area contributed by atoms with Crippen LogP contribution in [0.15, 0.2) is 78.9 Å². The van der Waals surface area contributed by atoms with Gasteiger partial charge in [-0.05, 0) is 42.0 Å². The number of nitrogens with one attached hydrogen (secondary N) is 2. The SMILES string of the molecule is N#CC(Nc1ccccc1)c1ccc(OCc2nc3ccccc3[nH]2)cc1. The van der Waals surface area contributed by atoms with Crippen LogP contribution in [-0.4, -0.2) is 9.97 Å². The third kappa shape index (κ3) is 3.91. The number of anilines is 1. The Balaban J connectivity index is 1.41. The third-order valence-electron chi connectivity index (χ3n) is 4.24. The summed E-state index contributed by atoms with van der Waals surface area (Å²) in [6.07, 6.45) is 0. The molecule has 0 bridgehead atoms. The molecule has 0 spiro atoms. The van der Waals surface area contributed by atoms with Crippen LogP contribution in [-0.2, 0) is 6.61 Å². The largest absolute Gasteiger partial charge is 0.486 e. The number of nitrogens with zero attached hydrogens (tertiary/aromatic N) is 2. The first kappa shape index (κ1) is 16.7. The van der Waals surface area contributed by atoms with Crippen LogP contribution in [0, 0.1) is 11.3 Å². The lowest BCUT2D eigenvalue weighted by Gasteiger charge is -2.14. The zero-order chi connectivity index (χ0) is 18.5. The van der Waals surface area contributed by atoms with Crippen molar-refractivity contribution in [3.63, 3.8) is 0 Å². The predicted molar refractivity (Wildman–Crippen MR) is 105 cm³/mol. The summed E-state index contributed by atoms with van der Waals surface area (Å²) in [6, 6.07) is 27.0. The first-order valence-corrected chi connectivity index (χ1v) is 8.69. The van der Waals surface area contributed by atoms with Gasteiger partial charge < -0.3 is 15.0 Å². The maximum Gasteiger partial charge on any atom is 0.146 e. The van der Waals surface area contributed by atoms with Gasteiger partial charge in [0.1, 0.15) is 24.2 Å². The lowest BCUT2D eigenvalue weighted by molar-refractivity contribution is 0.297. The molecule has 1 heterocycles. The fourth-order valence-corrected chi connectivity index (χ4v) is 2.87. The number of nitriles is 1. The molecule has 5 nitrogen and oxygen atoms in total. The van der Waals surface area contributed by atoms with Crippen LogP contribution in [0.1, 0.15) is 17.4 Å². The predicted octanol–water partition coefficient (Wildman–Crippen LogP) is 4.82. The van der Waals surface area contributed by atoms with Crippen molar-refractivity contribution in [3.8, 4) is 11.8 Å². The number of fused-ring (bicyclic) bond motifs is 1. The Hall–Kier alpha value is -3.78. The van der Waals surface area contributed by atoms with Crippen LogP contribution in [0.25, 0.3) is 11.0 Å². The maximum absolute atomic E-state index is 9.48. The maximum atomic E-state index is 9.48. The number of benzene rings is 3. The first-order chi connectivity index (χ1) is 13.3. The van der Waals surface area contributed by atoms with Gasteiger partial charge in [0.05, 0.1) is 17.1 Å². The van der Waals surface area contributed by atoms with E-state index in [1.165, 1.54) is 0 Å². The summed E-state index contributed by atoms with van der Waals surface area (Å²) in [6.45, 7) is 0.359. The Morgan fingerprint density at radius 2 is 1.70 bits per heavy atom. The van der Waals surface area contributed by atoms with Crippen LogP contribution in [0.5, 0.6) is 5.75 Å². The zero-order valence-electron chi connectivity index (χ0n) is 14.6. The van der Waals surface area contributed by atoms with E-state index >= 15 is 0 Å². The van der Waals surface area contributed by atoms with E-state index in [0.29, 0.717) is 6.61 Å². The number of hydrogen-bond donors (Lipinski definition) is 2. The van der Waals surface area contributed by atoms with Crippen LogP contribution in [0.4, 0.5) is 5.69 Å². The number of aromatic amines is 1. The van der Waals surface area contributed by atoms with Crippen molar-refractivity contribution < 1.29 is 4.74 Å². The van der Waals surface area contributed by atoms with Gasteiger partial charge in [0, 0.05) is 5.69 Å². The average molecular weight is 354 g/mol. The highest BCUT2D eigenvalue weighted by Gasteiger charge is 2.10. The highest BCUT2D eigenvalue weighted by molar-refractivity contribution is 5.74. The van der Waals surface area contributed by atoms with Crippen LogP contribution in [0.3, 0.4) is 0 Å². The van der Waals surface area contributed by atoms with Gasteiger partial charge in [0.2, 0.25) is 0 Å². The van der Waals surface area contributed by atoms with Crippen LogP contribution < -0.4 is 10.1 Å². The molecule has 0 radical (unpaired) electrons. The second-order valence-electron chi connectivity index (χ2n) is 6.13. The molecule has 4 rings (SSSR count). The lowest BCUT2D eigenvalue weighted by atomic mass is 10.1. The molecule has 0 amide bonds. The molecule has 1 aromatic heterocycles. The summed E-state index contributed by atoms with van der Waals surface area (Å²) in [7, 11) is 0. The Labute approximate surface area is 157 Å². The highest BCUT2D eigenvalue weighted by atomic mass is 16.5. The number of aromatic nitrogens is 2. The number of rotatable bonds is 6. The van der Waals surface area contributed by atoms with E-state index in [4.69, 9.17) is 4.74 Å². The number of ether oxygens (including phenoxy) is 1. The molecule has 4 aromatic rings. The summed E-state index contributed by atoms with van der Waals surface area (Å²) < 4.78 is 5.81. The van der Waals surface area contributed by atoms with Gasteiger partial charge in [-0.25, -0.2) is 4.98 Å². The van der Waals surface area contributed by atoms with Crippen molar-refractivity contribution in [2.75, 3.05) is 5.32 Å². The van der Waals surface area contributed by atoms with Gasteiger partial charge in [-0.2, -0.15) is 5.26 Å². The average Bonchev–Trinajstić information content (AvgIpc) is 3.15. The molecule has 1 atom stereocenters. The minimum atomic E-state index is -0.420. The van der Waals surface area contributed by atoms with E-state index in [0.717, 1.165) is 33.9 Å². The Morgan fingerprint density at radius 1 is 0.963 bits per heavy atom. The number of H-pyrrole nitrogens is 1. The van der Waals surface area contributed by atoms with Gasteiger partial charge in [-0.3, -0.25) is 0 Å². The molecule has 0 fully saturated rings. The molecule has 1 unspecified atom stereocenters. The van der Waals surface area contributed by atoms with E-state index in [-0.39, 0.29) is 0 Å². The molecular formula is C22H18N4O. The van der Waals surface area contributed by atoms with Crippen molar-refractivity contribution in [1.29, 1.82) is 5.26 Å². The van der Waals surface area contributed by atoms with E-state index in [2.05, 4.69) is 21.4 Å². The van der Waals surface area contributed by atoms with Crippen molar-refractivity contribution in [2.45, 2.75) is 12.6 Å². The zero-order valence-corrected chi connectivity index (χ0v) is 14.6. The smallest absolute Gasteiger partial charge is 0.146 e. The van der Waals surface area contributed by atoms with Crippen LogP contribution >= 0.6 is 0 Å². The normalized spacial score (nSPS) is 11.7. The summed E-state index contributed by atoms with van der Waals surface area (Å²) >= 11 is 0. The van der Waals surface area contributed by atoms with Crippen molar-refractivity contribution in [2.24, 2.45) is 0 Å². The Kier molecular flexibility index (Phi) is 4.71. The minimum absolute atomic E-state index is 0.359. The molecule has 132 valence electrons. The summed E-state index contributed by atoms with van der Waals surface area (Å²) in [5, 5.41) is 12.7.